The quantitative estimate of drug-likeness (QED) is 0.844. The molecule has 1 aliphatic carbocycles. The molecule has 3 rings (SSSR count). The third-order valence-corrected chi connectivity index (χ3v) is 4.56. The molecule has 1 aromatic carbocycles. The number of aromatic nitrogens is 2. The van der Waals surface area contributed by atoms with E-state index in [9.17, 15) is 0 Å². The molecular weight excluding hydrogens is 248 g/mol. The van der Waals surface area contributed by atoms with Crippen LogP contribution in [0.5, 0.6) is 0 Å². The lowest BCUT2D eigenvalue weighted by Crippen LogP contribution is -2.34. The normalized spacial score (nSPS) is 23.6. The van der Waals surface area contributed by atoms with Crippen molar-refractivity contribution in [3.63, 3.8) is 0 Å². The molecule has 1 fully saturated rings. The van der Waals surface area contributed by atoms with E-state index < -0.39 is 0 Å². The molecule has 1 saturated carbocycles. The van der Waals surface area contributed by atoms with Gasteiger partial charge in [0.1, 0.15) is 5.82 Å². The topological polar surface area (TPSA) is 57.9 Å². The Kier molecular flexibility index (Phi) is 3.66. The summed E-state index contributed by atoms with van der Waals surface area (Å²) in [5, 5.41) is 0. The van der Waals surface area contributed by atoms with Gasteiger partial charge in [-0.2, -0.15) is 0 Å². The maximum Gasteiger partial charge on any atom is 0.121 e. The molecule has 2 aromatic rings. The Morgan fingerprint density at radius 3 is 2.80 bits per heavy atom. The first kappa shape index (κ1) is 13.4. The number of nitrogens with zero attached hydrogens (tertiary/aromatic N) is 2. The fraction of sp³-hybridized carbons (Fsp3) is 0.562. The number of rotatable bonds is 3. The van der Waals surface area contributed by atoms with Crippen LogP contribution in [0.1, 0.15) is 38.4 Å². The smallest absolute Gasteiger partial charge is 0.121 e. The second kappa shape index (κ2) is 5.44. The van der Waals surface area contributed by atoms with Gasteiger partial charge in [-0.15, -0.1) is 0 Å². The van der Waals surface area contributed by atoms with E-state index in [1.807, 2.05) is 18.2 Å². The van der Waals surface area contributed by atoms with Crippen LogP contribution in [0.2, 0.25) is 0 Å². The molecule has 3 N–H and O–H groups in total. The van der Waals surface area contributed by atoms with E-state index in [0.29, 0.717) is 6.04 Å². The summed E-state index contributed by atoms with van der Waals surface area (Å²) in [6.45, 7) is 3.24. The molecule has 0 bridgehead atoms. The Hall–Kier alpha value is -1.55. The molecule has 108 valence electrons. The van der Waals surface area contributed by atoms with Crippen molar-refractivity contribution in [1.82, 2.24) is 14.9 Å². The molecule has 0 spiro atoms. The van der Waals surface area contributed by atoms with Gasteiger partial charge >= 0.3 is 0 Å². The summed E-state index contributed by atoms with van der Waals surface area (Å²) in [6.07, 6.45) is 5.33. The van der Waals surface area contributed by atoms with Gasteiger partial charge in [-0.3, -0.25) is 4.90 Å². The summed E-state index contributed by atoms with van der Waals surface area (Å²) in [4.78, 5) is 10.5. The fourth-order valence-electron chi connectivity index (χ4n) is 3.20. The van der Waals surface area contributed by atoms with Crippen molar-refractivity contribution < 1.29 is 0 Å². The highest BCUT2D eigenvalue weighted by Crippen LogP contribution is 2.27. The highest BCUT2D eigenvalue weighted by Gasteiger charge is 2.22. The van der Waals surface area contributed by atoms with Gasteiger partial charge in [0.15, 0.2) is 0 Å². The Bertz CT molecular complexity index is 581. The number of benzene rings is 1. The van der Waals surface area contributed by atoms with Crippen molar-refractivity contribution in [2.45, 2.75) is 45.2 Å². The van der Waals surface area contributed by atoms with Gasteiger partial charge in [0.05, 0.1) is 17.6 Å². The number of imidazole rings is 1. The average molecular weight is 272 g/mol. The minimum atomic E-state index is 0.699. The van der Waals surface area contributed by atoms with E-state index in [0.717, 1.165) is 35.0 Å². The predicted octanol–water partition coefficient (Wildman–Crippen LogP) is 3.16. The molecule has 1 aliphatic rings. The van der Waals surface area contributed by atoms with Crippen molar-refractivity contribution in [3.05, 3.63) is 24.0 Å². The lowest BCUT2D eigenvalue weighted by molar-refractivity contribution is 0.161. The standard InChI is InChI=1S/C16H24N4/c1-11-3-6-13(7-4-11)20(2)10-16-18-14-8-5-12(17)9-15(14)19-16/h5,8-9,11,13H,3-4,6-7,10,17H2,1-2H3,(H,18,19). The van der Waals surface area contributed by atoms with E-state index in [2.05, 4.69) is 28.8 Å². The van der Waals surface area contributed by atoms with Crippen molar-refractivity contribution in [2.24, 2.45) is 5.92 Å². The summed E-state index contributed by atoms with van der Waals surface area (Å²) >= 11 is 0. The lowest BCUT2D eigenvalue weighted by atomic mass is 9.87. The highest BCUT2D eigenvalue weighted by atomic mass is 15.2. The van der Waals surface area contributed by atoms with Crippen molar-refractivity contribution in [2.75, 3.05) is 12.8 Å². The number of aromatic amines is 1. The van der Waals surface area contributed by atoms with Gasteiger partial charge in [-0.25, -0.2) is 4.98 Å². The molecule has 4 nitrogen and oxygen atoms in total. The first-order valence-electron chi connectivity index (χ1n) is 7.56. The summed E-state index contributed by atoms with van der Waals surface area (Å²) in [6, 6.07) is 6.53. The Morgan fingerprint density at radius 2 is 2.05 bits per heavy atom. The van der Waals surface area contributed by atoms with Crippen LogP contribution in [0.15, 0.2) is 18.2 Å². The summed E-state index contributed by atoms with van der Waals surface area (Å²) in [7, 11) is 2.21. The first-order valence-corrected chi connectivity index (χ1v) is 7.56. The number of hydrogen-bond acceptors (Lipinski definition) is 3. The maximum absolute atomic E-state index is 5.81. The fourth-order valence-corrected chi connectivity index (χ4v) is 3.20. The molecule has 1 aromatic heterocycles. The van der Waals surface area contributed by atoms with Gasteiger partial charge in [0.2, 0.25) is 0 Å². The van der Waals surface area contributed by atoms with Gasteiger partial charge in [0, 0.05) is 11.7 Å². The Labute approximate surface area is 120 Å². The molecule has 0 aliphatic heterocycles. The van der Waals surface area contributed by atoms with Crippen molar-refractivity contribution in [3.8, 4) is 0 Å². The van der Waals surface area contributed by atoms with E-state index >= 15 is 0 Å². The second-order valence-corrected chi connectivity index (χ2v) is 6.29. The van der Waals surface area contributed by atoms with E-state index in [1.54, 1.807) is 0 Å². The summed E-state index contributed by atoms with van der Waals surface area (Å²) in [5.74, 6) is 1.93. The SMILES string of the molecule is CC1CCC(N(C)Cc2nc3ccc(N)cc3[nH]2)CC1. The van der Waals surface area contributed by atoms with Crippen molar-refractivity contribution >= 4 is 16.7 Å². The monoisotopic (exact) mass is 272 g/mol. The molecule has 0 saturated heterocycles. The number of fused-ring (bicyclic) bond motifs is 1. The number of nitrogens with two attached hydrogens (primary N) is 1. The largest absolute Gasteiger partial charge is 0.399 e. The van der Waals surface area contributed by atoms with Crippen LogP contribution in [0.4, 0.5) is 5.69 Å². The van der Waals surface area contributed by atoms with Crippen LogP contribution in [0, 0.1) is 5.92 Å². The van der Waals surface area contributed by atoms with Gasteiger partial charge in [-0.1, -0.05) is 6.92 Å². The zero-order valence-corrected chi connectivity index (χ0v) is 12.4. The number of H-pyrrole nitrogens is 1. The number of anilines is 1. The van der Waals surface area contributed by atoms with Gasteiger partial charge < -0.3 is 10.7 Å². The molecule has 1 heterocycles. The Morgan fingerprint density at radius 1 is 1.30 bits per heavy atom. The van der Waals surface area contributed by atoms with Crippen LogP contribution in [0.3, 0.4) is 0 Å². The third kappa shape index (κ3) is 2.80. The average Bonchev–Trinajstić information content (AvgIpc) is 2.80. The molecule has 4 heteroatoms. The molecule has 0 amide bonds. The molecule has 0 radical (unpaired) electrons. The van der Waals surface area contributed by atoms with Crippen LogP contribution < -0.4 is 5.73 Å². The maximum atomic E-state index is 5.81. The number of hydrogen-bond donors (Lipinski definition) is 2. The van der Waals surface area contributed by atoms with Crippen LogP contribution in [-0.2, 0) is 6.54 Å². The van der Waals surface area contributed by atoms with E-state index in [1.165, 1.54) is 25.7 Å². The minimum absolute atomic E-state index is 0.699. The first-order chi connectivity index (χ1) is 9.61. The summed E-state index contributed by atoms with van der Waals surface area (Å²) < 4.78 is 0. The molecule has 0 atom stereocenters. The third-order valence-electron chi connectivity index (χ3n) is 4.56. The predicted molar refractivity (Wildman–Crippen MR) is 83.4 cm³/mol. The number of nitrogens with one attached hydrogen (secondary N) is 1. The van der Waals surface area contributed by atoms with Gasteiger partial charge in [0.25, 0.3) is 0 Å². The van der Waals surface area contributed by atoms with E-state index in [-0.39, 0.29) is 0 Å². The molecule has 20 heavy (non-hydrogen) atoms. The van der Waals surface area contributed by atoms with Gasteiger partial charge in [-0.05, 0) is 56.8 Å². The highest BCUT2D eigenvalue weighted by molar-refractivity contribution is 5.78. The van der Waals surface area contributed by atoms with Crippen LogP contribution in [0.25, 0.3) is 11.0 Å². The van der Waals surface area contributed by atoms with E-state index in [4.69, 9.17) is 5.73 Å². The second-order valence-electron chi connectivity index (χ2n) is 6.29. The zero-order valence-electron chi connectivity index (χ0n) is 12.4. The molecule has 0 unspecified atom stereocenters. The zero-order chi connectivity index (χ0) is 14.1. The van der Waals surface area contributed by atoms with Crippen LogP contribution in [-0.4, -0.2) is 28.0 Å². The minimum Gasteiger partial charge on any atom is -0.399 e. The molecular formula is C16H24N4. The van der Waals surface area contributed by atoms with Crippen LogP contribution >= 0.6 is 0 Å². The summed E-state index contributed by atoms with van der Waals surface area (Å²) in [5.41, 5.74) is 8.62. The number of nitrogen functional groups attached to an aromatic ring is 1. The lowest BCUT2D eigenvalue weighted by Gasteiger charge is -2.33. The Balaban J connectivity index is 1.69. The van der Waals surface area contributed by atoms with Crippen molar-refractivity contribution in [1.29, 1.82) is 0 Å².